The molecule has 2 aliphatic rings. The zero-order valence-corrected chi connectivity index (χ0v) is 12.7. The van der Waals surface area contributed by atoms with Gasteiger partial charge in [0.25, 0.3) is 0 Å². The van der Waals surface area contributed by atoms with E-state index in [1.807, 2.05) is 0 Å². The minimum atomic E-state index is -0.785. The van der Waals surface area contributed by atoms with Crippen molar-refractivity contribution in [2.45, 2.75) is 32.3 Å². The number of rotatable bonds is 2. The van der Waals surface area contributed by atoms with E-state index < -0.39 is 11.5 Å². The predicted molar refractivity (Wildman–Crippen MR) is 79.0 cm³/mol. The molecule has 1 atom stereocenters. The Labute approximate surface area is 128 Å². The summed E-state index contributed by atoms with van der Waals surface area (Å²) in [6.45, 7) is 4.70. The van der Waals surface area contributed by atoms with E-state index in [0.29, 0.717) is 30.4 Å². The van der Waals surface area contributed by atoms with Gasteiger partial charge < -0.3 is 19.5 Å². The van der Waals surface area contributed by atoms with Gasteiger partial charge in [0.2, 0.25) is 5.91 Å². The number of cyclic esters (lactones) is 1. The number of hydrogen-bond acceptors (Lipinski definition) is 5. The van der Waals surface area contributed by atoms with Crippen molar-refractivity contribution in [2.24, 2.45) is 5.92 Å². The molecule has 6 heteroatoms. The third kappa shape index (κ3) is 2.86. The molecule has 0 spiro atoms. The van der Waals surface area contributed by atoms with Crippen LogP contribution in [0.5, 0.6) is 11.5 Å². The number of carbonyl (C=O) groups is 2. The molecule has 1 amide bonds. The van der Waals surface area contributed by atoms with Gasteiger partial charge >= 0.3 is 5.97 Å². The molecule has 1 fully saturated rings. The summed E-state index contributed by atoms with van der Waals surface area (Å²) >= 11 is 0. The summed E-state index contributed by atoms with van der Waals surface area (Å²) in [6.07, 6.45) is 0.926. The van der Waals surface area contributed by atoms with E-state index in [1.54, 1.807) is 32.0 Å². The Hall–Kier alpha value is -2.24. The van der Waals surface area contributed by atoms with Gasteiger partial charge in [-0.15, -0.1) is 0 Å². The average Bonchev–Trinajstić information content (AvgIpc) is 2.63. The molecular weight excluding hydrogens is 286 g/mol. The second-order valence-electron chi connectivity index (χ2n) is 6.04. The molecule has 1 aromatic carbocycles. The number of amides is 1. The summed E-state index contributed by atoms with van der Waals surface area (Å²) in [5.74, 6) is 0.216. The van der Waals surface area contributed by atoms with Gasteiger partial charge in [-0.1, -0.05) is 0 Å². The molecule has 22 heavy (non-hydrogen) atoms. The highest BCUT2D eigenvalue weighted by molar-refractivity contribution is 5.97. The van der Waals surface area contributed by atoms with Crippen LogP contribution in [-0.2, 0) is 14.3 Å². The SMILES string of the molecule is CC1(C)OC(=O)CC1C(=O)Nc1ccc2c(c1)OCCCO2. The molecule has 6 nitrogen and oxygen atoms in total. The second kappa shape index (κ2) is 5.51. The fourth-order valence-corrected chi connectivity index (χ4v) is 2.70. The van der Waals surface area contributed by atoms with Crippen LogP contribution in [0.1, 0.15) is 26.7 Å². The van der Waals surface area contributed by atoms with Gasteiger partial charge in [0.15, 0.2) is 11.5 Å². The molecule has 0 aliphatic carbocycles. The summed E-state index contributed by atoms with van der Waals surface area (Å²) < 4.78 is 16.3. The maximum absolute atomic E-state index is 12.4. The Kier molecular flexibility index (Phi) is 3.68. The summed E-state index contributed by atoms with van der Waals surface area (Å²) in [4.78, 5) is 23.8. The van der Waals surface area contributed by atoms with Crippen LogP contribution in [-0.4, -0.2) is 30.7 Å². The van der Waals surface area contributed by atoms with Crippen molar-refractivity contribution in [1.29, 1.82) is 0 Å². The van der Waals surface area contributed by atoms with Gasteiger partial charge in [-0.05, 0) is 26.0 Å². The smallest absolute Gasteiger partial charge is 0.307 e. The molecule has 0 bridgehead atoms. The van der Waals surface area contributed by atoms with E-state index in [0.717, 1.165) is 6.42 Å². The number of ether oxygens (including phenoxy) is 3. The van der Waals surface area contributed by atoms with Crippen LogP contribution < -0.4 is 14.8 Å². The van der Waals surface area contributed by atoms with Crippen LogP contribution in [0.3, 0.4) is 0 Å². The van der Waals surface area contributed by atoms with Crippen molar-refractivity contribution >= 4 is 17.6 Å². The van der Waals surface area contributed by atoms with Crippen LogP contribution in [0.15, 0.2) is 18.2 Å². The Bertz CT molecular complexity index is 611. The first-order valence-electron chi connectivity index (χ1n) is 7.38. The molecule has 0 saturated carbocycles. The Morgan fingerprint density at radius 2 is 1.95 bits per heavy atom. The quantitative estimate of drug-likeness (QED) is 0.847. The van der Waals surface area contributed by atoms with Crippen molar-refractivity contribution in [2.75, 3.05) is 18.5 Å². The van der Waals surface area contributed by atoms with Crippen LogP contribution >= 0.6 is 0 Å². The molecule has 1 N–H and O–H groups in total. The van der Waals surface area contributed by atoms with Crippen LogP contribution in [0.4, 0.5) is 5.69 Å². The molecule has 0 aromatic heterocycles. The van der Waals surface area contributed by atoms with Gasteiger partial charge in [0.1, 0.15) is 5.60 Å². The topological polar surface area (TPSA) is 73.9 Å². The lowest BCUT2D eigenvalue weighted by molar-refractivity contribution is -0.147. The van der Waals surface area contributed by atoms with E-state index >= 15 is 0 Å². The number of anilines is 1. The molecule has 1 aromatic rings. The molecule has 1 unspecified atom stereocenters. The first-order chi connectivity index (χ1) is 10.5. The van der Waals surface area contributed by atoms with Crippen LogP contribution in [0.25, 0.3) is 0 Å². The maximum Gasteiger partial charge on any atom is 0.307 e. The van der Waals surface area contributed by atoms with Crippen molar-refractivity contribution in [3.63, 3.8) is 0 Å². The number of hydrogen-bond donors (Lipinski definition) is 1. The predicted octanol–water partition coefficient (Wildman–Crippen LogP) is 2.13. The lowest BCUT2D eigenvalue weighted by Gasteiger charge is -2.23. The molecular formula is C16H19NO5. The van der Waals surface area contributed by atoms with E-state index in [-0.39, 0.29) is 18.3 Å². The number of carbonyl (C=O) groups excluding carboxylic acids is 2. The highest BCUT2D eigenvalue weighted by Gasteiger charge is 2.46. The van der Waals surface area contributed by atoms with Gasteiger partial charge in [-0.2, -0.15) is 0 Å². The van der Waals surface area contributed by atoms with E-state index in [9.17, 15) is 9.59 Å². The first-order valence-corrected chi connectivity index (χ1v) is 7.38. The summed E-state index contributed by atoms with van der Waals surface area (Å²) in [5.41, 5.74) is -0.170. The Balaban J connectivity index is 1.74. The second-order valence-corrected chi connectivity index (χ2v) is 6.04. The van der Waals surface area contributed by atoms with Crippen LogP contribution in [0, 0.1) is 5.92 Å². The van der Waals surface area contributed by atoms with E-state index in [4.69, 9.17) is 14.2 Å². The fourth-order valence-electron chi connectivity index (χ4n) is 2.70. The monoisotopic (exact) mass is 305 g/mol. The van der Waals surface area contributed by atoms with Gasteiger partial charge in [-0.25, -0.2) is 0 Å². The Morgan fingerprint density at radius 3 is 2.64 bits per heavy atom. The lowest BCUT2D eigenvalue weighted by atomic mass is 9.90. The number of benzene rings is 1. The summed E-state index contributed by atoms with van der Waals surface area (Å²) in [5, 5.41) is 2.82. The van der Waals surface area contributed by atoms with Gasteiger partial charge in [0.05, 0.1) is 25.6 Å². The van der Waals surface area contributed by atoms with E-state index in [2.05, 4.69) is 5.32 Å². The zero-order valence-electron chi connectivity index (χ0n) is 12.7. The molecule has 0 radical (unpaired) electrons. The standard InChI is InChI=1S/C16H19NO5/c1-16(2)11(9-14(18)22-16)15(19)17-10-4-5-12-13(8-10)21-7-3-6-20-12/h4-5,8,11H,3,6-7,9H2,1-2H3,(H,17,19). The summed E-state index contributed by atoms with van der Waals surface area (Å²) in [6, 6.07) is 5.27. The number of nitrogens with one attached hydrogen (secondary N) is 1. The zero-order chi connectivity index (χ0) is 15.7. The highest BCUT2D eigenvalue weighted by Crippen LogP contribution is 2.35. The first kappa shape index (κ1) is 14.7. The van der Waals surface area contributed by atoms with Gasteiger partial charge in [0, 0.05) is 18.2 Å². The summed E-state index contributed by atoms with van der Waals surface area (Å²) in [7, 11) is 0. The van der Waals surface area contributed by atoms with Crippen molar-refractivity contribution < 1.29 is 23.8 Å². The molecule has 2 aliphatic heterocycles. The lowest BCUT2D eigenvalue weighted by Crippen LogP contribution is -2.36. The van der Waals surface area contributed by atoms with Crippen molar-refractivity contribution in [3.8, 4) is 11.5 Å². The number of esters is 1. The maximum atomic E-state index is 12.4. The third-order valence-corrected chi connectivity index (χ3v) is 3.92. The van der Waals surface area contributed by atoms with Crippen LogP contribution in [0.2, 0.25) is 0 Å². The van der Waals surface area contributed by atoms with E-state index in [1.165, 1.54) is 0 Å². The molecule has 118 valence electrons. The minimum Gasteiger partial charge on any atom is -0.490 e. The molecule has 2 heterocycles. The molecule has 1 saturated heterocycles. The Morgan fingerprint density at radius 1 is 1.23 bits per heavy atom. The third-order valence-electron chi connectivity index (χ3n) is 3.92. The normalized spacial score (nSPS) is 22.6. The van der Waals surface area contributed by atoms with Crippen molar-refractivity contribution in [1.82, 2.24) is 0 Å². The average molecular weight is 305 g/mol. The largest absolute Gasteiger partial charge is 0.490 e. The fraction of sp³-hybridized carbons (Fsp3) is 0.500. The van der Waals surface area contributed by atoms with Crippen molar-refractivity contribution in [3.05, 3.63) is 18.2 Å². The highest BCUT2D eigenvalue weighted by atomic mass is 16.6. The van der Waals surface area contributed by atoms with Gasteiger partial charge in [-0.3, -0.25) is 9.59 Å². The minimum absolute atomic E-state index is 0.101. The number of fused-ring (bicyclic) bond motifs is 1. The molecule has 3 rings (SSSR count).